The zero-order valence-electron chi connectivity index (χ0n) is 20.2. The topological polar surface area (TPSA) is 63.6 Å². The Labute approximate surface area is 231 Å². The van der Waals surface area contributed by atoms with Gasteiger partial charge in [0.05, 0.1) is 5.25 Å². The summed E-state index contributed by atoms with van der Waals surface area (Å²) in [5.74, 6) is 0. The Morgan fingerprint density at radius 2 is 1.21 bits per heavy atom. The van der Waals surface area contributed by atoms with Gasteiger partial charge in [0, 0.05) is 11.3 Å². The molecule has 0 radical (unpaired) electrons. The molecule has 0 unspecified atom stereocenters. The van der Waals surface area contributed by atoms with Crippen molar-refractivity contribution in [1.82, 2.24) is 0 Å². The molecule has 38 heavy (non-hydrogen) atoms. The molecule has 0 saturated carbocycles. The number of thiocarbonyl (C=S) groups is 1. The third-order valence-corrected chi connectivity index (χ3v) is 7.63. The van der Waals surface area contributed by atoms with Crippen LogP contribution in [0.25, 0.3) is 0 Å². The molecule has 0 saturated heterocycles. The van der Waals surface area contributed by atoms with Crippen molar-refractivity contribution in [2.24, 2.45) is 0 Å². The van der Waals surface area contributed by atoms with Gasteiger partial charge in [-0.2, -0.15) is 17.2 Å². The first kappa shape index (κ1) is 29.4. The third kappa shape index (κ3) is 9.33. The highest BCUT2D eigenvalue weighted by atomic mass is 32.2. The Balaban J connectivity index is 0.000000212. The first-order valence-electron chi connectivity index (χ1n) is 11.5. The summed E-state index contributed by atoms with van der Waals surface area (Å²) in [7, 11) is -5.49. The highest BCUT2D eigenvalue weighted by molar-refractivity contribution is 7.99. The summed E-state index contributed by atoms with van der Waals surface area (Å²) in [5, 5.41) is -4.21. The molecule has 0 aliphatic heterocycles. The molecule has 198 valence electrons. The second kappa shape index (κ2) is 14.2. The number of rotatable bonds is 9. The van der Waals surface area contributed by atoms with Crippen molar-refractivity contribution in [1.29, 1.82) is 0 Å². The molecule has 0 spiro atoms. The minimum absolute atomic E-state index is 0.109. The summed E-state index contributed by atoms with van der Waals surface area (Å²) in [6.07, 6.45) is 0.109. The lowest BCUT2D eigenvalue weighted by molar-refractivity contribution is 0.0248. The molecule has 4 nitrogen and oxygen atoms in total. The number of halogens is 2. The van der Waals surface area contributed by atoms with Gasteiger partial charge in [-0.1, -0.05) is 109 Å². The standard InChI is InChI=1S/C19H16S.C10H10F2O4S2/c1-4-10-16(11-5-1)19(17-12-6-2-7-13-17)20-18-14-8-3-9-15-18;11-10(12,18(13,14)15)7-16-9(17)6-8-4-2-1-3-5-8/h1-15,19H;1-5H,6-7H2,(H,13,14,15). The maximum Gasteiger partial charge on any atom is 0.402 e. The van der Waals surface area contributed by atoms with Crippen molar-refractivity contribution < 1.29 is 26.5 Å². The van der Waals surface area contributed by atoms with Gasteiger partial charge in [0.15, 0.2) is 11.7 Å². The first-order valence-corrected chi connectivity index (χ1v) is 14.2. The molecule has 0 aliphatic carbocycles. The van der Waals surface area contributed by atoms with E-state index in [1.807, 2.05) is 11.8 Å². The Morgan fingerprint density at radius 1 is 0.789 bits per heavy atom. The quantitative estimate of drug-likeness (QED) is 0.126. The molecule has 4 rings (SSSR count). The van der Waals surface area contributed by atoms with Gasteiger partial charge in [0.1, 0.15) is 0 Å². The van der Waals surface area contributed by atoms with Crippen molar-refractivity contribution in [3.05, 3.63) is 138 Å². The van der Waals surface area contributed by atoms with E-state index >= 15 is 0 Å². The smallest absolute Gasteiger partial charge is 0.402 e. The summed E-state index contributed by atoms with van der Waals surface area (Å²) in [5.41, 5.74) is 3.43. The van der Waals surface area contributed by atoms with E-state index in [1.54, 1.807) is 30.3 Å². The van der Waals surface area contributed by atoms with Crippen LogP contribution in [0.5, 0.6) is 0 Å². The maximum atomic E-state index is 12.8. The van der Waals surface area contributed by atoms with Gasteiger partial charge in [-0.05, 0) is 41.0 Å². The lowest BCUT2D eigenvalue weighted by atomic mass is 10.0. The minimum Gasteiger partial charge on any atom is -0.479 e. The highest BCUT2D eigenvalue weighted by Crippen LogP contribution is 2.40. The van der Waals surface area contributed by atoms with Crippen LogP contribution in [-0.2, 0) is 21.3 Å². The normalized spacial score (nSPS) is 11.4. The number of ether oxygens (including phenoxy) is 1. The fourth-order valence-corrected chi connectivity index (χ4v) is 4.88. The third-order valence-electron chi connectivity index (χ3n) is 5.17. The molecule has 4 aromatic rings. The fourth-order valence-electron chi connectivity index (χ4n) is 3.27. The molecule has 4 aromatic carbocycles. The summed E-state index contributed by atoms with van der Waals surface area (Å²) in [4.78, 5) is 1.30. The number of hydrogen-bond donors (Lipinski definition) is 1. The average molecular weight is 573 g/mol. The van der Waals surface area contributed by atoms with E-state index in [1.165, 1.54) is 16.0 Å². The molecule has 1 N–H and O–H groups in total. The molecule has 0 atom stereocenters. The summed E-state index contributed by atoms with van der Waals surface area (Å²) < 4.78 is 59.0. The van der Waals surface area contributed by atoms with E-state index in [9.17, 15) is 17.2 Å². The van der Waals surface area contributed by atoms with Crippen molar-refractivity contribution in [3.8, 4) is 0 Å². The van der Waals surface area contributed by atoms with Crippen molar-refractivity contribution >= 4 is 39.1 Å². The second-order valence-corrected chi connectivity index (χ2v) is 11.2. The van der Waals surface area contributed by atoms with Crippen LogP contribution in [0.4, 0.5) is 8.78 Å². The number of benzene rings is 4. The Kier molecular flexibility index (Phi) is 11.0. The van der Waals surface area contributed by atoms with Gasteiger partial charge in [0.2, 0.25) is 0 Å². The van der Waals surface area contributed by atoms with E-state index in [-0.39, 0.29) is 11.5 Å². The lowest BCUT2D eigenvalue weighted by Crippen LogP contribution is -2.34. The number of alkyl halides is 2. The van der Waals surface area contributed by atoms with Crippen LogP contribution in [-0.4, -0.2) is 29.9 Å². The molecule has 0 fully saturated rings. The van der Waals surface area contributed by atoms with Crippen molar-refractivity contribution in [3.63, 3.8) is 0 Å². The van der Waals surface area contributed by atoms with E-state index < -0.39 is 22.0 Å². The van der Waals surface area contributed by atoms with E-state index in [0.717, 1.165) is 5.56 Å². The summed E-state index contributed by atoms with van der Waals surface area (Å²) in [6, 6.07) is 40.7. The van der Waals surface area contributed by atoms with Crippen LogP contribution >= 0.6 is 24.0 Å². The molecule has 0 aliphatic rings. The van der Waals surface area contributed by atoms with E-state index in [0.29, 0.717) is 5.25 Å². The van der Waals surface area contributed by atoms with Gasteiger partial charge in [-0.3, -0.25) is 4.55 Å². The van der Waals surface area contributed by atoms with E-state index in [4.69, 9.17) is 16.8 Å². The molecule has 0 aromatic heterocycles. The molecular formula is C29H26F2O4S3. The van der Waals surface area contributed by atoms with Crippen molar-refractivity contribution in [2.75, 3.05) is 6.61 Å². The Morgan fingerprint density at radius 3 is 1.66 bits per heavy atom. The van der Waals surface area contributed by atoms with Gasteiger partial charge < -0.3 is 4.74 Å². The van der Waals surface area contributed by atoms with Gasteiger partial charge >= 0.3 is 15.4 Å². The molecular weight excluding hydrogens is 547 g/mol. The average Bonchev–Trinajstić information content (AvgIpc) is 2.92. The number of hydrogen-bond acceptors (Lipinski definition) is 5. The Hall–Kier alpha value is -3.11. The fraction of sp³-hybridized carbons (Fsp3) is 0.138. The summed E-state index contributed by atoms with van der Waals surface area (Å²) in [6.45, 7) is -1.50. The molecule has 0 bridgehead atoms. The van der Waals surface area contributed by atoms with Gasteiger partial charge in [-0.25, -0.2) is 0 Å². The number of thioether (sulfide) groups is 1. The second-order valence-electron chi connectivity index (χ2n) is 8.07. The van der Waals surface area contributed by atoms with Crippen LogP contribution in [0.15, 0.2) is 126 Å². The first-order chi connectivity index (χ1) is 18.2. The predicted octanol–water partition coefficient (Wildman–Crippen LogP) is 7.62. The van der Waals surface area contributed by atoms with Crippen LogP contribution in [0, 0.1) is 0 Å². The molecule has 0 heterocycles. The summed E-state index contributed by atoms with van der Waals surface area (Å²) >= 11 is 6.59. The van der Waals surface area contributed by atoms with Crippen LogP contribution in [0.3, 0.4) is 0 Å². The Bertz CT molecular complexity index is 1330. The van der Waals surface area contributed by atoms with Crippen LogP contribution in [0.2, 0.25) is 0 Å². The molecule has 9 heteroatoms. The van der Waals surface area contributed by atoms with Crippen LogP contribution in [0.1, 0.15) is 21.9 Å². The minimum atomic E-state index is -5.49. The van der Waals surface area contributed by atoms with Gasteiger partial charge in [-0.15, -0.1) is 11.8 Å². The maximum absolute atomic E-state index is 12.8. The van der Waals surface area contributed by atoms with Gasteiger partial charge in [0.25, 0.3) is 0 Å². The van der Waals surface area contributed by atoms with Crippen LogP contribution < -0.4 is 0 Å². The monoisotopic (exact) mass is 572 g/mol. The lowest BCUT2D eigenvalue weighted by Gasteiger charge is -2.17. The van der Waals surface area contributed by atoms with E-state index in [2.05, 4.69) is 95.7 Å². The molecule has 0 amide bonds. The van der Waals surface area contributed by atoms with Crippen molar-refractivity contribution in [2.45, 2.75) is 21.8 Å². The highest BCUT2D eigenvalue weighted by Gasteiger charge is 2.45. The SMILES string of the molecule is O=S(=O)(O)C(F)(F)COC(=S)Cc1ccccc1.c1ccc(SC(c2ccccc2)c2ccccc2)cc1. The zero-order valence-corrected chi connectivity index (χ0v) is 22.6. The zero-order chi connectivity index (χ0) is 27.4. The predicted molar refractivity (Wildman–Crippen MR) is 152 cm³/mol. The largest absolute Gasteiger partial charge is 0.479 e.